The molecule has 0 fully saturated rings. The Bertz CT molecular complexity index is 563. The van der Waals surface area contributed by atoms with Gasteiger partial charge >= 0.3 is 0 Å². The Labute approximate surface area is 116 Å². The second kappa shape index (κ2) is 6.63. The van der Waals surface area contributed by atoms with E-state index in [1.807, 2.05) is 0 Å². The first kappa shape index (κ1) is 14.0. The monoisotopic (exact) mass is 271 g/mol. The molecule has 0 saturated carbocycles. The van der Waals surface area contributed by atoms with Crippen LogP contribution in [0.4, 0.5) is 0 Å². The van der Waals surface area contributed by atoms with Gasteiger partial charge in [0.05, 0.1) is 18.1 Å². The minimum absolute atomic E-state index is 0.237. The van der Waals surface area contributed by atoms with E-state index < -0.39 is 6.04 Å². The number of hydrogen-bond acceptors (Lipinski definition) is 4. The molecule has 2 aromatic rings. The number of H-pyrrole nitrogens is 1. The number of nitrogens with two attached hydrogens (primary N) is 1. The molecule has 1 radical (unpaired) electrons. The number of nitrogens with zero attached hydrogens (tertiary/aromatic N) is 1. The zero-order chi connectivity index (χ0) is 14.4. The summed E-state index contributed by atoms with van der Waals surface area (Å²) >= 11 is 0. The van der Waals surface area contributed by atoms with Crippen LogP contribution in [0.15, 0.2) is 36.8 Å². The molecule has 103 valence electrons. The van der Waals surface area contributed by atoms with Crippen molar-refractivity contribution in [1.29, 1.82) is 0 Å². The fraction of sp³-hybridized carbons (Fsp3) is 0.214. The predicted molar refractivity (Wildman–Crippen MR) is 73.4 cm³/mol. The van der Waals surface area contributed by atoms with Crippen LogP contribution in [0.3, 0.4) is 0 Å². The number of hydrogen-bond donors (Lipinski definition) is 3. The zero-order valence-corrected chi connectivity index (χ0v) is 10.8. The zero-order valence-electron chi connectivity index (χ0n) is 10.8. The average molecular weight is 271 g/mol. The highest BCUT2D eigenvalue weighted by Gasteiger charge is 2.14. The molecule has 20 heavy (non-hydrogen) atoms. The number of benzene rings is 1. The molecule has 0 spiro atoms. The van der Waals surface area contributed by atoms with Crippen LogP contribution in [0, 0.1) is 0 Å². The van der Waals surface area contributed by atoms with Gasteiger partial charge in [-0.25, -0.2) is 4.98 Å². The van der Waals surface area contributed by atoms with Gasteiger partial charge in [0.2, 0.25) is 12.2 Å². The maximum absolute atomic E-state index is 11.8. The van der Waals surface area contributed by atoms with Crippen LogP contribution in [-0.2, 0) is 22.6 Å². The van der Waals surface area contributed by atoms with Crippen LogP contribution in [-0.4, -0.2) is 28.2 Å². The summed E-state index contributed by atoms with van der Waals surface area (Å²) in [6.45, 7) is 0.367. The van der Waals surface area contributed by atoms with Crippen LogP contribution >= 0.6 is 0 Å². The second-order valence-electron chi connectivity index (χ2n) is 4.39. The lowest BCUT2D eigenvalue weighted by Crippen LogP contribution is -2.41. The van der Waals surface area contributed by atoms with Crippen molar-refractivity contribution in [2.24, 2.45) is 5.73 Å². The molecule has 1 atom stereocenters. The number of amides is 1. The molecule has 0 aliphatic heterocycles. The summed E-state index contributed by atoms with van der Waals surface area (Å²) in [5.41, 5.74) is 7.92. The number of carbonyl (C=O) groups excluding carboxylic acids is 2. The van der Waals surface area contributed by atoms with Crippen LogP contribution in [0.25, 0.3) is 0 Å². The van der Waals surface area contributed by atoms with E-state index in [0.717, 1.165) is 11.3 Å². The first-order valence-electron chi connectivity index (χ1n) is 6.17. The van der Waals surface area contributed by atoms with Gasteiger partial charge in [0.15, 0.2) is 0 Å². The van der Waals surface area contributed by atoms with Gasteiger partial charge in [-0.15, -0.1) is 0 Å². The summed E-state index contributed by atoms with van der Waals surface area (Å²) in [7, 11) is 0. The Hall–Kier alpha value is -2.47. The van der Waals surface area contributed by atoms with Crippen LogP contribution in [0.5, 0.6) is 0 Å². The second-order valence-corrected chi connectivity index (χ2v) is 4.39. The molecule has 4 N–H and O–H groups in total. The van der Waals surface area contributed by atoms with Gasteiger partial charge in [0.1, 0.15) is 0 Å². The molecule has 1 heterocycles. The van der Waals surface area contributed by atoms with Crippen molar-refractivity contribution in [3.63, 3.8) is 0 Å². The fourth-order valence-corrected chi connectivity index (χ4v) is 1.73. The van der Waals surface area contributed by atoms with E-state index in [9.17, 15) is 9.59 Å². The first-order chi connectivity index (χ1) is 9.69. The average Bonchev–Trinajstić information content (AvgIpc) is 2.98. The maximum atomic E-state index is 11.8. The van der Waals surface area contributed by atoms with E-state index in [4.69, 9.17) is 5.73 Å². The van der Waals surface area contributed by atoms with Crippen molar-refractivity contribution >= 4 is 12.2 Å². The molecule has 0 saturated heterocycles. The van der Waals surface area contributed by atoms with Crippen molar-refractivity contribution < 1.29 is 9.59 Å². The first-order valence-corrected chi connectivity index (χ1v) is 6.17. The highest BCUT2D eigenvalue weighted by Crippen LogP contribution is 2.02. The Morgan fingerprint density at radius 2 is 2.15 bits per heavy atom. The van der Waals surface area contributed by atoms with E-state index in [1.54, 1.807) is 43.1 Å². The van der Waals surface area contributed by atoms with Crippen molar-refractivity contribution in [2.75, 3.05) is 0 Å². The molecule has 6 nitrogen and oxygen atoms in total. The molecule has 2 rings (SSSR count). The van der Waals surface area contributed by atoms with Gasteiger partial charge in [-0.1, -0.05) is 24.3 Å². The number of imidazole rings is 1. The predicted octanol–water partition coefficient (Wildman–Crippen LogP) is 0.0537. The minimum Gasteiger partial charge on any atom is -0.351 e. The molecule has 0 bridgehead atoms. The van der Waals surface area contributed by atoms with Crippen LogP contribution in [0.2, 0.25) is 0 Å². The summed E-state index contributed by atoms with van der Waals surface area (Å²) < 4.78 is 0. The minimum atomic E-state index is -0.638. The Morgan fingerprint density at radius 1 is 1.40 bits per heavy atom. The summed E-state index contributed by atoms with van der Waals surface area (Å²) in [5, 5.41) is 2.75. The number of rotatable bonds is 6. The van der Waals surface area contributed by atoms with E-state index in [2.05, 4.69) is 15.3 Å². The number of carbonyl (C=O) groups is 1. The largest absolute Gasteiger partial charge is 0.351 e. The topological polar surface area (TPSA) is 101 Å². The lowest BCUT2D eigenvalue weighted by Gasteiger charge is -2.11. The molecular weight excluding hydrogens is 256 g/mol. The fourth-order valence-electron chi connectivity index (χ4n) is 1.73. The van der Waals surface area contributed by atoms with Gasteiger partial charge in [-0.3, -0.25) is 9.59 Å². The molecule has 0 unspecified atom stereocenters. The number of aromatic nitrogens is 2. The van der Waals surface area contributed by atoms with Crippen LogP contribution < -0.4 is 11.1 Å². The molecular formula is C14H15N4O2. The third-order valence-electron chi connectivity index (χ3n) is 2.86. The lowest BCUT2D eigenvalue weighted by atomic mass is 10.1. The van der Waals surface area contributed by atoms with Crippen molar-refractivity contribution in [2.45, 2.75) is 19.0 Å². The Balaban J connectivity index is 1.83. The molecule has 6 heteroatoms. The van der Waals surface area contributed by atoms with Crippen molar-refractivity contribution in [1.82, 2.24) is 15.3 Å². The van der Waals surface area contributed by atoms with Gasteiger partial charge < -0.3 is 16.0 Å². The lowest BCUT2D eigenvalue weighted by molar-refractivity contribution is -0.122. The Morgan fingerprint density at radius 3 is 2.75 bits per heavy atom. The molecule has 1 amide bonds. The highest BCUT2D eigenvalue weighted by molar-refractivity contribution is 5.81. The van der Waals surface area contributed by atoms with E-state index >= 15 is 0 Å². The molecule has 0 aliphatic rings. The summed E-state index contributed by atoms with van der Waals surface area (Å²) in [4.78, 5) is 29.1. The normalized spacial score (nSPS) is 11.8. The standard InChI is InChI=1S/C14H15N4O2/c15-13(5-12-7-16-9-18-12)14(20)17-6-10-1-3-11(8-19)4-2-10/h1-4,7,9,13H,5-6,15H2,(H,16,18)(H,17,20)/t13-/m0/s1. The quantitative estimate of drug-likeness (QED) is 0.691. The van der Waals surface area contributed by atoms with E-state index in [0.29, 0.717) is 18.5 Å². The smallest absolute Gasteiger partial charge is 0.237 e. The summed E-state index contributed by atoms with van der Waals surface area (Å²) in [5.74, 6) is -0.237. The van der Waals surface area contributed by atoms with Crippen LogP contribution in [0.1, 0.15) is 16.8 Å². The Kier molecular flexibility index (Phi) is 4.62. The SMILES string of the molecule is N[C@@H](Cc1c[nH]cn1)C(=O)NCc1ccc([C]=O)cc1. The molecule has 1 aromatic carbocycles. The van der Waals surface area contributed by atoms with Gasteiger partial charge in [-0.05, 0) is 5.56 Å². The van der Waals surface area contributed by atoms with Crippen molar-refractivity contribution in [3.8, 4) is 0 Å². The summed E-state index contributed by atoms with van der Waals surface area (Å²) in [6, 6.07) is 6.19. The highest BCUT2D eigenvalue weighted by atomic mass is 16.2. The molecule has 0 aliphatic carbocycles. The van der Waals surface area contributed by atoms with E-state index in [-0.39, 0.29) is 5.91 Å². The van der Waals surface area contributed by atoms with Gasteiger partial charge in [-0.2, -0.15) is 0 Å². The van der Waals surface area contributed by atoms with Gasteiger partial charge in [0.25, 0.3) is 0 Å². The van der Waals surface area contributed by atoms with E-state index in [1.165, 1.54) is 0 Å². The number of aromatic amines is 1. The van der Waals surface area contributed by atoms with Crippen molar-refractivity contribution in [3.05, 3.63) is 53.6 Å². The third-order valence-corrected chi connectivity index (χ3v) is 2.86. The molecule has 1 aromatic heterocycles. The summed E-state index contributed by atoms with van der Waals surface area (Å²) in [6.07, 6.45) is 5.44. The maximum Gasteiger partial charge on any atom is 0.237 e. The third kappa shape index (κ3) is 3.76. The van der Waals surface area contributed by atoms with Gasteiger partial charge in [0, 0.05) is 24.7 Å². The number of nitrogens with one attached hydrogen (secondary N) is 2.